The number of carbonyl (C=O) groups is 5. The van der Waals surface area contributed by atoms with Crippen LogP contribution in [0, 0.1) is 18.8 Å². The van der Waals surface area contributed by atoms with E-state index < -0.39 is 41.2 Å². The molecule has 0 radical (unpaired) electrons. The summed E-state index contributed by atoms with van der Waals surface area (Å²) in [5, 5.41) is 0.748. The molecule has 1 heterocycles. The van der Waals surface area contributed by atoms with Gasteiger partial charge in [-0.2, -0.15) is 39.5 Å². The minimum absolute atomic E-state index is 0.0349. The number of alkyl halides is 10. The van der Waals surface area contributed by atoms with Gasteiger partial charge in [-0.05, 0) is 179 Å². The molecule has 96 heavy (non-hydrogen) atoms. The van der Waals surface area contributed by atoms with Gasteiger partial charge in [0.05, 0.1) is 42.0 Å². The fraction of sp³-hybridized carbons (Fsp3) is 0.244. The molecule has 8 nitrogen and oxygen atoms in total. The van der Waals surface area contributed by atoms with Gasteiger partial charge in [-0.15, -0.1) is 0 Å². The molecule has 13 rings (SSSR count). The molecule has 3 aliphatic carbocycles. The molecular weight excluding hydrogens is 1320 g/mol. The third kappa shape index (κ3) is 17.8. The molecule has 4 aliphatic rings. The van der Waals surface area contributed by atoms with E-state index in [1.165, 1.54) is 45.3 Å². The number of methoxy groups -OCH3 is 2. The number of hydrogen-bond donors (Lipinski definition) is 0. The molecule has 1 fully saturated rings. The number of esters is 2. The Morgan fingerprint density at radius 2 is 0.802 bits per heavy atom. The highest BCUT2D eigenvalue weighted by Gasteiger charge is 2.37. The second-order valence-corrected chi connectivity index (χ2v) is 24.0. The molecular formula is C78H66BrF9O8. The SMILES string of the molecule is C1CCOC1.COC(=O)c1cccc(CBr)c1.COC(=O)c1cccc(CC2Cc3c(cccc3-c3cccc(C(F)(F)F)c3)C2=O)c1.Cc1cccc(CC2Cc3c(cccc3-c3cccc(C(F)(F)F)c3)C2=O)c1.O=C1CCc2c1cccc2-c1cccc(C(F)(F)F)c1. The summed E-state index contributed by atoms with van der Waals surface area (Å²) in [5.74, 6) is -1.16. The van der Waals surface area contributed by atoms with Gasteiger partial charge in [-0.1, -0.05) is 161 Å². The van der Waals surface area contributed by atoms with E-state index in [9.17, 15) is 63.5 Å². The average molecular weight is 1380 g/mol. The number of fused-ring (bicyclic) bond motifs is 3. The van der Waals surface area contributed by atoms with Crippen LogP contribution in [0.1, 0.15) is 127 Å². The maximum Gasteiger partial charge on any atom is 0.416 e. The summed E-state index contributed by atoms with van der Waals surface area (Å²) < 4.78 is 131. The molecule has 9 aromatic carbocycles. The number of benzene rings is 9. The van der Waals surface area contributed by atoms with Gasteiger partial charge >= 0.3 is 30.5 Å². The Morgan fingerprint density at radius 1 is 0.438 bits per heavy atom. The Kier molecular flexibility index (Phi) is 23.3. The average Bonchev–Trinajstić information content (AvgIpc) is 1.61. The van der Waals surface area contributed by atoms with Gasteiger partial charge in [0.2, 0.25) is 0 Å². The topological polar surface area (TPSA) is 113 Å². The molecule has 0 saturated carbocycles. The van der Waals surface area contributed by atoms with Crippen molar-refractivity contribution in [2.45, 2.75) is 82.1 Å². The summed E-state index contributed by atoms with van der Waals surface area (Å²) in [6, 6.07) is 53.8. The normalized spacial score (nSPS) is 15.2. The van der Waals surface area contributed by atoms with Crippen LogP contribution in [0.3, 0.4) is 0 Å². The van der Waals surface area contributed by atoms with Crippen molar-refractivity contribution in [3.8, 4) is 33.4 Å². The van der Waals surface area contributed by atoms with E-state index in [0.29, 0.717) is 94.2 Å². The third-order valence-electron chi connectivity index (χ3n) is 16.8. The molecule has 0 spiro atoms. The number of Topliss-reactive ketones (excluding diaryl/α,β-unsaturated/α-hetero) is 3. The van der Waals surface area contributed by atoms with E-state index >= 15 is 0 Å². The van der Waals surface area contributed by atoms with Crippen LogP contribution in [0.4, 0.5) is 39.5 Å². The predicted molar refractivity (Wildman–Crippen MR) is 353 cm³/mol. The number of ketones is 3. The number of rotatable bonds is 10. The van der Waals surface area contributed by atoms with Crippen molar-refractivity contribution in [1.29, 1.82) is 0 Å². The van der Waals surface area contributed by atoms with E-state index in [-0.39, 0.29) is 35.2 Å². The monoisotopic (exact) mass is 1380 g/mol. The van der Waals surface area contributed by atoms with Crippen molar-refractivity contribution < 1.29 is 77.7 Å². The molecule has 496 valence electrons. The van der Waals surface area contributed by atoms with Crippen molar-refractivity contribution in [3.05, 3.63) is 284 Å². The third-order valence-corrected chi connectivity index (χ3v) is 17.5. The van der Waals surface area contributed by atoms with Crippen molar-refractivity contribution in [3.63, 3.8) is 0 Å². The highest BCUT2D eigenvalue weighted by Crippen LogP contribution is 2.42. The fourth-order valence-corrected chi connectivity index (χ4v) is 12.5. The van der Waals surface area contributed by atoms with E-state index in [1.54, 1.807) is 103 Å². The van der Waals surface area contributed by atoms with Crippen LogP contribution < -0.4 is 0 Å². The maximum absolute atomic E-state index is 13.2. The molecule has 9 aromatic rings. The summed E-state index contributed by atoms with van der Waals surface area (Å²) >= 11 is 3.31. The first-order valence-electron chi connectivity index (χ1n) is 30.9. The molecule has 1 aliphatic heterocycles. The van der Waals surface area contributed by atoms with Crippen LogP contribution in [0.15, 0.2) is 200 Å². The molecule has 0 bridgehead atoms. The zero-order chi connectivity index (χ0) is 68.9. The van der Waals surface area contributed by atoms with Gasteiger partial charge in [-0.25, -0.2) is 9.59 Å². The lowest BCUT2D eigenvalue weighted by atomic mass is 9.93. The smallest absolute Gasteiger partial charge is 0.416 e. The number of carbonyl (C=O) groups excluding carboxylic acids is 5. The zero-order valence-electron chi connectivity index (χ0n) is 52.5. The number of ether oxygens (including phenoxy) is 3. The standard InChI is InChI=1S/C25H19F3O3.C24H19F3O.C16H11F3O.C9H9BrO2.C4H8O/c1-31-24(30)17-7-2-5-15(11-17)12-18-14-22-20(9-4-10-21(22)23(18)29)16-6-3-8-19(13-16)25(26,27)28;1-15-5-2-6-16(11-15)12-18-14-22-20(9-4-10-21(22)23(18)28)17-7-3-8-19(13-17)24(25,26)27;17-16(18,19)11-4-1-3-10(9-11)12-5-2-6-14-13(12)7-8-15(14)20;1-12-9(11)8-4-2-3-7(5-8)6-10;1-2-4-5-3-1/h2-11,13,18H,12,14H2,1H3;2-11,13,18H,12,14H2,1H3;1-6,9H,7-8H2;2-5H,6H2,1H3;1-4H2. The quantitative estimate of drug-likeness (QED) is 0.0756. The van der Waals surface area contributed by atoms with Crippen molar-refractivity contribution in [2.75, 3.05) is 27.4 Å². The Labute approximate surface area is 558 Å². The van der Waals surface area contributed by atoms with Crippen LogP contribution >= 0.6 is 15.9 Å². The van der Waals surface area contributed by atoms with E-state index in [4.69, 9.17) is 9.47 Å². The predicted octanol–water partition coefficient (Wildman–Crippen LogP) is 19.7. The summed E-state index contributed by atoms with van der Waals surface area (Å²) in [6.07, 6.45) is -7.54. The Hall–Kier alpha value is -9.26. The molecule has 2 atom stereocenters. The van der Waals surface area contributed by atoms with Gasteiger partial charge in [-0.3, -0.25) is 14.4 Å². The Bertz CT molecular complexity index is 4290. The first-order chi connectivity index (χ1) is 45.8. The van der Waals surface area contributed by atoms with Crippen LogP contribution in [0.5, 0.6) is 0 Å². The Balaban J connectivity index is 0.000000152. The lowest BCUT2D eigenvalue weighted by Crippen LogP contribution is -2.12. The first-order valence-corrected chi connectivity index (χ1v) is 32.0. The van der Waals surface area contributed by atoms with Gasteiger partial charge in [0.1, 0.15) is 0 Å². The van der Waals surface area contributed by atoms with Crippen LogP contribution in [0.2, 0.25) is 0 Å². The van der Waals surface area contributed by atoms with Crippen LogP contribution in [-0.2, 0) is 70.2 Å². The van der Waals surface area contributed by atoms with Crippen molar-refractivity contribution >= 4 is 45.2 Å². The van der Waals surface area contributed by atoms with Crippen LogP contribution in [-0.4, -0.2) is 56.7 Å². The van der Waals surface area contributed by atoms with Gasteiger partial charge in [0, 0.05) is 53.5 Å². The summed E-state index contributed by atoms with van der Waals surface area (Å²) in [5.41, 5.74) is 10.9. The van der Waals surface area contributed by atoms with Crippen molar-refractivity contribution in [1.82, 2.24) is 0 Å². The maximum atomic E-state index is 13.2. The Morgan fingerprint density at radius 3 is 1.20 bits per heavy atom. The summed E-state index contributed by atoms with van der Waals surface area (Å²) in [7, 11) is 2.69. The lowest BCUT2D eigenvalue weighted by Gasteiger charge is -2.12. The van der Waals surface area contributed by atoms with Crippen molar-refractivity contribution in [2.24, 2.45) is 11.8 Å². The number of halogens is 10. The van der Waals surface area contributed by atoms with Gasteiger partial charge in [0.25, 0.3) is 0 Å². The summed E-state index contributed by atoms with van der Waals surface area (Å²) in [6.45, 7) is 4.01. The first kappa shape index (κ1) is 71.0. The van der Waals surface area contributed by atoms with E-state index in [2.05, 4.69) is 26.7 Å². The van der Waals surface area contributed by atoms with Crippen LogP contribution in [0.25, 0.3) is 33.4 Å². The van der Waals surface area contributed by atoms with Gasteiger partial charge < -0.3 is 14.2 Å². The van der Waals surface area contributed by atoms with E-state index in [1.807, 2.05) is 43.3 Å². The van der Waals surface area contributed by atoms with Gasteiger partial charge in [0.15, 0.2) is 17.3 Å². The second kappa shape index (κ2) is 31.5. The molecule has 2 unspecified atom stereocenters. The highest BCUT2D eigenvalue weighted by atomic mass is 79.9. The zero-order valence-corrected chi connectivity index (χ0v) is 54.1. The number of hydrogen-bond acceptors (Lipinski definition) is 8. The summed E-state index contributed by atoms with van der Waals surface area (Å²) in [4.78, 5) is 60.4. The minimum atomic E-state index is -4.43. The van der Waals surface area contributed by atoms with E-state index in [0.717, 1.165) is 99.4 Å². The second-order valence-electron chi connectivity index (χ2n) is 23.4. The minimum Gasteiger partial charge on any atom is -0.465 e. The largest absolute Gasteiger partial charge is 0.465 e. The molecule has 0 N–H and O–H groups in total. The molecule has 0 amide bonds. The fourth-order valence-electron chi connectivity index (χ4n) is 12.2. The molecule has 0 aromatic heterocycles. The number of aryl methyl sites for hydroxylation is 1. The highest BCUT2D eigenvalue weighted by molar-refractivity contribution is 9.08. The lowest BCUT2D eigenvalue weighted by molar-refractivity contribution is -0.138. The molecule has 1 saturated heterocycles. The molecule has 18 heteroatoms.